The van der Waals surface area contributed by atoms with Crippen LogP contribution in [0.2, 0.25) is 0 Å². The fourth-order valence-corrected chi connectivity index (χ4v) is 2.17. The maximum atomic E-state index is 12.8. The van der Waals surface area contributed by atoms with E-state index in [0.29, 0.717) is 6.61 Å². The number of pyridine rings is 1. The number of aromatic nitrogens is 1. The number of nitrogens with two attached hydrogens (primary N) is 1. The van der Waals surface area contributed by atoms with Crippen LogP contribution in [0.25, 0.3) is 0 Å². The Hall–Kier alpha value is -1.54. The fourth-order valence-electron chi connectivity index (χ4n) is 2.17. The Labute approximate surface area is 114 Å². The predicted molar refractivity (Wildman–Crippen MR) is 69.1 cm³/mol. The normalized spacial score (nSPS) is 20.8. The van der Waals surface area contributed by atoms with Gasteiger partial charge in [-0.2, -0.15) is 13.2 Å². The largest absolute Gasteiger partial charge is 0.416 e. The van der Waals surface area contributed by atoms with Gasteiger partial charge in [0, 0.05) is 6.61 Å². The van der Waals surface area contributed by atoms with Gasteiger partial charge in [0.15, 0.2) is 0 Å². The second kappa shape index (κ2) is 5.84. The summed E-state index contributed by atoms with van der Waals surface area (Å²) in [6.07, 6.45) is -2.61. The van der Waals surface area contributed by atoms with Gasteiger partial charge in [-0.1, -0.05) is 0 Å². The summed E-state index contributed by atoms with van der Waals surface area (Å²) in [4.78, 5) is 3.97. The standard InChI is InChI=1S/C12H17F3N4O/c1-7(9-3-2-4-20-9)17-10-5-8(12(13,14)15)6-11(18-10)19-16/h5-7,9H,2-4,16H2,1H3,(H2,17,18,19). The van der Waals surface area contributed by atoms with Crippen molar-refractivity contribution >= 4 is 11.6 Å². The van der Waals surface area contributed by atoms with E-state index in [1.807, 2.05) is 6.92 Å². The third kappa shape index (κ3) is 3.51. The summed E-state index contributed by atoms with van der Waals surface area (Å²) in [6.45, 7) is 2.54. The maximum absolute atomic E-state index is 12.8. The van der Waals surface area contributed by atoms with Crippen molar-refractivity contribution in [2.24, 2.45) is 5.84 Å². The Morgan fingerprint density at radius 2 is 2.10 bits per heavy atom. The number of halogens is 3. The number of nitrogen functional groups attached to an aromatic ring is 1. The van der Waals surface area contributed by atoms with Gasteiger partial charge in [0.05, 0.1) is 17.7 Å². The maximum Gasteiger partial charge on any atom is 0.416 e. The van der Waals surface area contributed by atoms with E-state index in [4.69, 9.17) is 10.6 Å². The second-order valence-corrected chi connectivity index (χ2v) is 4.75. The first-order chi connectivity index (χ1) is 9.40. The smallest absolute Gasteiger partial charge is 0.376 e. The molecule has 2 rings (SSSR count). The van der Waals surface area contributed by atoms with Gasteiger partial charge in [-0.25, -0.2) is 10.8 Å². The first kappa shape index (κ1) is 14.9. The number of hydrogen-bond donors (Lipinski definition) is 3. The van der Waals surface area contributed by atoms with Crippen molar-refractivity contribution in [3.63, 3.8) is 0 Å². The molecule has 0 bridgehead atoms. The number of anilines is 2. The number of hydrazine groups is 1. The monoisotopic (exact) mass is 290 g/mol. The molecule has 0 aromatic carbocycles. The third-order valence-corrected chi connectivity index (χ3v) is 3.20. The van der Waals surface area contributed by atoms with Gasteiger partial charge < -0.3 is 15.5 Å². The van der Waals surface area contributed by atoms with E-state index in [-0.39, 0.29) is 23.8 Å². The van der Waals surface area contributed by atoms with Crippen LogP contribution in [0.4, 0.5) is 24.8 Å². The van der Waals surface area contributed by atoms with E-state index in [1.54, 1.807) is 0 Å². The van der Waals surface area contributed by atoms with E-state index in [1.165, 1.54) is 0 Å². The van der Waals surface area contributed by atoms with Gasteiger partial charge in [0.1, 0.15) is 11.6 Å². The molecule has 1 aromatic heterocycles. The molecular formula is C12H17F3N4O. The SMILES string of the molecule is CC(Nc1cc(C(F)(F)F)cc(NN)n1)C1CCCO1. The molecule has 8 heteroatoms. The summed E-state index contributed by atoms with van der Waals surface area (Å²) in [5, 5.41) is 2.94. The van der Waals surface area contributed by atoms with Gasteiger partial charge in [-0.15, -0.1) is 0 Å². The number of nitrogens with zero attached hydrogens (tertiary/aromatic N) is 1. The molecule has 2 atom stereocenters. The Kier molecular flexibility index (Phi) is 4.34. The Morgan fingerprint density at radius 1 is 1.40 bits per heavy atom. The Bertz CT molecular complexity index is 461. The number of nitrogens with one attached hydrogen (secondary N) is 2. The van der Waals surface area contributed by atoms with Crippen LogP contribution in [0.5, 0.6) is 0 Å². The summed E-state index contributed by atoms with van der Waals surface area (Å²) in [5.74, 6) is 5.23. The molecule has 1 aromatic rings. The van der Waals surface area contributed by atoms with Crippen LogP contribution in [-0.4, -0.2) is 23.7 Å². The average Bonchev–Trinajstić information content (AvgIpc) is 2.91. The Morgan fingerprint density at radius 3 is 2.65 bits per heavy atom. The molecule has 4 N–H and O–H groups in total. The number of hydrogen-bond acceptors (Lipinski definition) is 5. The van der Waals surface area contributed by atoms with Crippen molar-refractivity contribution in [1.82, 2.24) is 4.98 Å². The third-order valence-electron chi connectivity index (χ3n) is 3.20. The van der Waals surface area contributed by atoms with Crippen molar-refractivity contribution in [1.29, 1.82) is 0 Å². The van der Waals surface area contributed by atoms with Crippen molar-refractivity contribution in [3.8, 4) is 0 Å². The minimum absolute atomic E-state index is 0.0133. The highest BCUT2D eigenvalue weighted by atomic mass is 19.4. The lowest BCUT2D eigenvalue weighted by molar-refractivity contribution is -0.137. The number of ether oxygens (including phenoxy) is 1. The molecule has 0 spiro atoms. The Balaban J connectivity index is 2.17. The predicted octanol–water partition coefficient (Wildman–Crippen LogP) is 2.37. The molecule has 20 heavy (non-hydrogen) atoms. The molecule has 0 saturated carbocycles. The van der Waals surface area contributed by atoms with Crippen LogP contribution in [0.15, 0.2) is 12.1 Å². The molecule has 0 aliphatic carbocycles. The highest BCUT2D eigenvalue weighted by Gasteiger charge is 2.32. The molecule has 2 heterocycles. The van der Waals surface area contributed by atoms with E-state index in [2.05, 4.69) is 15.7 Å². The lowest BCUT2D eigenvalue weighted by Gasteiger charge is -2.21. The van der Waals surface area contributed by atoms with Crippen LogP contribution < -0.4 is 16.6 Å². The van der Waals surface area contributed by atoms with Crippen molar-refractivity contribution in [3.05, 3.63) is 17.7 Å². The molecule has 0 radical (unpaired) electrons. The zero-order chi connectivity index (χ0) is 14.8. The van der Waals surface area contributed by atoms with E-state index >= 15 is 0 Å². The number of rotatable bonds is 4. The van der Waals surface area contributed by atoms with E-state index in [9.17, 15) is 13.2 Å². The highest BCUT2D eigenvalue weighted by Crippen LogP contribution is 2.32. The molecule has 1 aliphatic rings. The molecular weight excluding hydrogens is 273 g/mol. The molecule has 1 aliphatic heterocycles. The zero-order valence-corrected chi connectivity index (χ0v) is 11.0. The lowest BCUT2D eigenvalue weighted by atomic mass is 10.1. The summed E-state index contributed by atoms with van der Waals surface area (Å²) in [5.41, 5.74) is 1.34. The summed E-state index contributed by atoms with van der Waals surface area (Å²) in [6, 6.07) is 1.70. The minimum Gasteiger partial charge on any atom is -0.376 e. The minimum atomic E-state index is -4.45. The molecule has 5 nitrogen and oxygen atoms in total. The first-order valence-corrected chi connectivity index (χ1v) is 6.34. The lowest BCUT2D eigenvalue weighted by Crippen LogP contribution is -2.30. The average molecular weight is 290 g/mol. The summed E-state index contributed by atoms with van der Waals surface area (Å²) in [7, 11) is 0. The molecule has 1 saturated heterocycles. The second-order valence-electron chi connectivity index (χ2n) is 4.75. The topological polar surface area (TPSA) is 72.2 Å². The molecule has 112 valence electrons. The van der Waals surface area contributed by atoms with Crippen molar-refractivity contribution in [2.45, 2.75) is 38.1 Å². The molecule has 0 amide bonds. The van der Waals surface area contributed by atoms with E-state index < -0.39 is 11.7 Å². The molecule has 1 fully saturated rings. The van der Waals surface area contributed by atoms with Gasteiger partial charge >= 0.3 is 6.18 Å². The van der Waals surface area contributed by atoms with E-state index in [0.717, 1.165) is 25.0 Å². The highest BCUT2D eigenvalue weighted by molar-refractivity contribution is 5.49. The fraction of sp³-hybridized carbons (Fsp3) is 0.583. The van der Waals surface area contributed by atoms with Crippen LogP contribution in [0, 0.1) is 0 Å². The molecule has 2 unspecified atom stereocenters. The van der Waals surface area contributed by atoms with Crippen molar-refractivity contribution in [2.75, 3.05) is 17.3 Å². The quantitative estimate of drug-likeness (QED) is 0.586. The number of alkyl halides is 3. The van der Waals surface area contributed by atoms with Crippen LogP contribution >= 0.6 is 0 Å². The van der Waals surface area contributed by atoms with Gasteiger partial charge in [0.25, 0.3) is 0 Å². The summed E-state index contributed by atoms with van der Waals surface area (Å²) >= 11 is 0. The van der Waals surface area contributed by atoms with Gasteiger partial charge in [0.2, 0.25) is 0 Å². The van der Waals surface area contributed by atoms with Gasteiger partial charge in [-0.3, -0.25) is 0 Å². The summed E-state index contributed by atoms with van der Waals surface area (Å²) < 4.78 is 43.8. The van der Waals surface area contributed by atoms with Crippen LogP contribution in [0.3, 0.4) is 0 Å². The van der Waals surface area contributed by atoms with Gasteiger partial charge in [-0.05, 0) is 31.9 Å². The van der Waals surface area contributed by atoms with Crippen LogP contribution in [0.1, 0.15) is 25.3 Å². The van der Waals surface area contributed by atoms with Crippen LogP contribution in [-0.2, 0) is 10.9 Å². The first-order valence-electron chi connectivity index (χ1n) is 6.34. The van der Waals surface area contributed by atoms with Crippen molar-refractivity contribution < 1.29 is 17.9 Å². The zero-order valence-electron chi connectivity index (χ0n) is 11.0.